The minimum absolute atomic E-state index is 0.0410. The van der Waals surface area contributed by atoms with E-state index in [1.807, 2.05) is 11.9 Å². The number of methoxy groups -OCH3 is 1. The van der Waals surface area contributed by atoms with E-state index in [2.05, 4.69) is 27.5 Å². The lowest BCUT2D eigenvalue weighted by atomic mass is 10.0. The molecule has 1 aliphatic heterocycles. The number of benzene rings is 1. The van der Waals surface area contributed by atoms with Crippen LogP contribution in [0.2, 0.25) is 0 Å². The number of aromatic nitrogens is 2. The molecule has 1 aliphatic rings. The van der Waals surface area contributed by atoms with E-state index in [1.54, 1.807) is 0 Å². The summed E-state index contributed by atoms with van der Waals surface area (Å²) in [6.07, 6.45) is 3.23. The third-order valence-electron chi connectivity index (χ3n) is 6.12. The van der Waals surface area contributed by atoms with Crippen LogP contribution in [0.25, 0.3) is 5.52 Å². The van der Waals surface area contributed by atoms with Crippen LogP contribution >= 0.6 is 11.8 Å². The molecular weight excluding hydrogens is 558 g/mol. The van der Waals surface area contributed by atoms with Gasteiger partial charge in [-0.15, -0.1) is 0 Å². The third kappa shape index (κ3) is 7.09. The monoisotopic (exact) mass is 585 g/mol. The number of ether oxygens (including phenoxy) is 1. The quantitative estimate of drug-likeness (QED) is 0.242. The number of hydrogen-bond donors (Lipinski definition) is 2. The molecule has 3 heterocycles. The fourth-order valence-electron chi connectivity index (χ4n) is 4.21. The number of rotatable bonds is 7. The van der Waals surface area contributed by atoms with Gasteiger partial charge < -0.3 is 24.7 Å². The van der Waals surface area contributed by atoms with E-state index in [-0.39, 0.29) is 51.9 Å². The van der Waals surface area contributed by atoms with Gasteiger partial charge in [0.2, 0.25) is 0 Å². The Kier molecular flexibility index (Phi) is 8.53. The van der Waals surface area contributed by atoms with E-state index in [9.17, 15) is 26.0 Å². The zero-order chi connectivity index (χ0) is 28.4. The van der Waals surface area contributed by atoms with E-state index < -0.39 is 27.6 Å². The van der Waals surface area contributed by atoms with Crippen molar-refractivity contribution < 1.29 is 30.7 Å². The van der Waals surface area contributed by atoms with Gasteiger partial charge in [0, 0.05) is 49.6 Å². The van der Waals surface area contributed by atoms with Crippen molar-refractivity contribution in [2.45, 2.75) is 34.1 Å². The van der Waals surface area contributed by atoms with E-state index in [4.69, 9.17) is 4.74 Å². The molecule has 1 saturated heterocycles. The topological polar surface area (TPSA) is 88.0 Å². The minimum Gasteiger partial charge on any atom is -0.495 e. The van der Waals surface area contributed by atoms with Crippen molar-refractivity contribution in [1.29, 1.82) is 0 Å². The lowest BCUT2D eigenvalue weighted by Gasteiger charge is -2.33. The van der Waals surface area contributed by atoms with Gasteiger partial charge in [-0.1, -0.05) is 11.8 Å². The molecule has 39 heavy (non-hydrogen) atoms. The number of hydrogen-bond acceptors (Lipinski definition) is 8. The molecule has 210 valence electrons. The van der Waals surface area contributed by atoms with E-state index in [0.29, 0.717) is 24.2 Å². The number of nitrogens with one attached hydrogen (secondary N) is 2. The first-order valence-corrected chi connectivity index (χ1v) is 14.5. The molecule has 0 aliphatic carbocycles. The summed E-state index contributed by atoms with van der Waals surface area (Å²) < 4.78 is 85.1. The molecule has 0 radical (unpaired) electrons. The highest BCUT2D eigenvalue weighted by molar-refractivity contribution is 8.00. The number of sulfone groups is 1. The smallest absolute Gasteiger partial charge is 0.447 e. The van der Waals surface area contributed by atoms with Crippen molar-refractivity contribution in [3.05, 3.63) is 42.2 Å². The number of piperidine rings is 1. The Morgan fingerprint density at radius 3 is 2.72 bits per heavy atom. The average molecular weight is 586 g/mol. The molecule has 0 bridgehead atoms. The molecule has 14 heteroatoms. The summed E-state index contributed by atoms with van der Waals surface area (Å²) >= 11 is -0.290. The molecular formula is C25H27F4N5O3S2. The fourth-order valence-corrected chi connectivity index (χ4v) is 5.55. The van der Waals surface area contributed by atoms with Gasteiger partial charge in [-0.05, 0) is 31.7 Å². The highest BCUT2D eigenvalue weighted by Gasteiger charge is 2.33. The molecule has 0 unspecified atom stereocenters. The Labute approximate surface area is 228 Å². The molecule has 0 spiro atoms. The van der Waals surface area contributed by atoms with Gasteiger partial charge in [0.15, 0.2) is 15.7 Å². The highest BCUT2D eigenvalue weighted by atomic mass is 32.2. The fraction of sp³-hybridized carbons (Fsp3) is 0.400. The lowest BCUT2D eigenvalue weighted by molar-refractivity contribution is -0.0329. The SMILES string of the molecule is COc1cc(S(C)(=O)=O)ccc1NCC#Cc1cc2c(N[C@@H]3CCN(C)C[C@@H]3F)nccn2c1SC(F)(F)F. The maximum absolute atomic E-state index is 14.6. The maximum Gasteiger partial charge on any atom is 0.447 e. The molecule has 8 nitrogen and oxygen atoms in total. The predicted octanol–water partition coefficient (Wildman–Crippen LogP) is 4.28. The third-order valence-corrected chi connectivity index (χ3v) is 8.07. The molecule has 1 aromatic carbocycles. The number of fused-ring (bicyclic) bond motifs is 1. The standard InChI is InChI=1S/C25H27F4N5O3S2/c1-33-11-8-19(18(26)15-33)32-23-21-13-16(24(38-25(27,28)29)34(21)12-10-31-23)5-4-9-30-20-7-6-17(39(3,35)36)14-22(20)37-2/h6-7,10,12-14,18-19,30H,8-9,11,15H2,1-3H3,(H,31,32)/t18-,19+/m0/s1. The number of thioether (sulfide) groups is 1. The van der Waals surface area contributed by atoms with E-state index in [0.717, 1.165) is 6.26 Å². The predicted molar refractivity (Wildman–Crippen MR) is 143 cm³/mol. The van der Waals surface area contributed by atoms with Crippen molar-refractivity contribution in [2.24, 2.45) is 0 Å². The van der Waals surface area contributed by atoms with Gasteiger partial charge >= 0.3 is 5.51 Å². The maximum atomic E-state index is 14.6. The minimum atomic E-state index is -4.56. The number of nitrogens with zero attached hydrogens (tertiary/aromatic N) is 3. The van der Waals surface area contributed by atoms with Gasteiger partial charge in [-0.2, -0.15) is 13.2 Å². The second-order valence-corrected chi connectivity index (χ2v) is 12.1. The molecule has 2 atom stereocenters. The normalized spacial score (nSPS) is 18.4. The summed E-state index contributed by atoms with van der Waals surface area (Å²) in [6.45, 7) is 0.977. The summed E-state index contributed by atoms with van der Waals surface area (Å²) in [4.78, 5) is 6.23. The van der Waals surface area contributed by atoms with Crippen LogP contribution in [0.5, 0.6) is 5.75 Å². The molecule has 4 rings (SSSR count). The summed E-state index contributed by atoms with van der Waals surface area (Å²) in [7, 11) is -0.210. The lowest BCUT2D eigenvalue weighted by Crippen LogP contribution is -2.46. The van der Waals surface area contributed by atoms with E-state index >= 15 is 0 Å². The Balaban J connectivity index is 1.61. The van der Waals surface area contributed by atoms with Gasteiger partial charge in [0.25, 0.3) is 0 Å². The second kappa shape index (κ2) is 11.5. The Hall–Kier alpha value is -3.15. The molecule has 1 fully saturated rings. The summed E-state index contributed by atoms with van der Waals surface area (Å²) in [5.74, 6) is 6.16. The Morgan fingerprint density at radius 1 is 1.28 bits per heavy atom. The first-order valence-electron chi connectivity index (χ1n) is 11.8. The molecule has 3 aromatic rings. The number of halogens is 4. The number of anilines is 2. The largest absolute Gasteiger partial charge is 0.495 e. The summed E-state index contributed by atoms with van der Waals surface area (Å²) in [5, 5.41) is 5.93. The van der Waals surface area contributed by atoms with Crippen LogP contribution in [0, 0.1) is 11.8 Å². The first kappa shape index (κ1) is 28.8. The number of alkyl halides is 4. The molecule has 0 saturated carbocycles. The zero-order valence-electron chi connectivity index (χ0n) is 21.3. The van der Waals surface area contributed by atoms with Gasteiger partial charge in [-0.3, -0.25) is 0 Å². The van der Waals surface area contributed by atoms with Gasteiger partial charge in [-0.25, -0.2) is 17.8 Å². The number of likely N-dealkylation sites (tertiary alicyclic amines) is 1. The van der Waals surface area contributed by atoms with Crippen LogP contribution in [0.1, 0.15) is 12.0 Å². The summed E-state index contributed by atoms with van der Waals surface area (Å²) in [5.41, 5.74) is -3.60. The Morgan fingerprint density at radius 2 is 2.05 bits per heavy atom. The molecule has 0 amide bonds. The van der Waals surface area contributed by atoms with Crippen LogP contribution in [-0.4, -0.2) is 80.5 Å². The van der Waals surface area contributed by atoms with Crippen LogP contribution < -0.4 is 15.4 Å². The van der Waals surface area contributed by atoms with Crippen LogP contribution in [0.4, 0.5) is 29.1 Å². The van der Waals surface area contributed by atoms with Crippen LogP contribution in [0.15, 0.2) is 46.6 Å². The summed E-state index contributed by atoms with van der Waals surface area (Å²) in [6, 6.07) is 5.30. The van der Waals surface area contributed by atoms with Crippen LogP contribution in [0.3, 0.4) is 0 Å². The van der Waals surface area contributed by atoms with Crippen LogP contribution in [-0.2, 0) is 9.84 Å². The molecule has 2 aromatic heterocycles. The second-order valence-electron chi connectivity index (χ2n) is 9.05. The van der Waals surface area contributed by atoms with Crippen molar-refractivity contribution in [2.75, 3.05) is 50.7 Å². The van der Waals surface area contributed by atoms with Crippen molar-refractivity contribution in [3.63, 3.8) is 0 Å². The van der Waals surface area contributed by atoms with Gasteiger partial charge in [0.1, 0.15) is 16.9 Å². The first-order chi connectivity index (χ1) is 18.4. The van der Waals surface area contributed by atoms with Crippen molar-refractivity contribution in [3.8, 4) is 17.6 Å². The Bertz CT molecular complexity index is 1520. The van der Waals surface area contributed by atoms with Gasteiger partial charge in [0.05, 0.1) is 41.4 Å². The zero-order valence-corrected chi connectivity index (χ0v) is 23.0. The average Bonchev–Trinajstić information content (AvgIpc) is 3.19. The molecule has 2 N–H and O–H groups in total. The van der Waals surface area contributed by atoms with Crippen molar-refractivity contribution in [1.82, 2.24) is 14.3 Å². The van der Waals surface area contributed by atoms with Crippen molar-refractivity contribution >= 4 is 38.6 Å². The highest BCUT2D eigenvalue weighted by Crippen LogP contribution is 2.40. The van der Waals surface area contributed by atoms with E-state index in [1.165, 1.54) is 48.2 Å².